The van der Waals surface area contributed by atoms with Gasteiger partial charge in [0.2, 0.25) is 0 Å². The second-order valence-electron chi connectivity index (χ2n) is 5.93. The third-order valence-electron chi connectivity index (χ3n) is 4.77. The molecule has 106 valence electrons. The minimum atomic E-state index is 0.650. The van der Waals surface area contributed by atoms with Crippen molar-refractivity contribution in [2.24, 2.45) is 0 Å². The van der Waals surface area contributed by atoms with E-state index in [0.29, 0.717) is 11.6 Å². The summed E-state index contributed by atoms with van der Waals surface area (Å²) in [6.07, 6.45) is 4.31. The standard InChI is InChI=1S/C17H18N4/c18-10-13-11-19-16-6-2-1-5-15(16)17(13)21-9-8-20-7-3-4-14(20)12-21/h1-2,5-6,11,14H,3-4,7-9,12H2. The van der Waals surface area contributed by atoms with Gasteiger partial charge in [-0.2, -0.15) is 5.26 Å². The maximum Gasteiger partial charge on any atom is 0.103 e. The lowest BCUT2D eigenvalue weighted by atomic mass is 10.1. The molecule has 0 radical (unpaired) electrons. The average Bonchev–Trinajstić information content (AvgIpc) is 3.01. The second-order valence-corrected chi connectivity index (χ2v) is 5.93. The van der Waals surface area contributed by atoms with Crippen LogP contribution in [0.15, 0.2) is 30.5 Å². The van der Waals surface area contributed by atoms with E-state index >= 15 is 0 Å². The van der Waals surface area contributed by atoms with Crippen molar-refractivity contribution in [2.75, 3.05) is 31.1 Å². The average molecular weight is 278 g/mol. The summed E-state index contributed by atoms with van der Waals surface area (Å²) >= 11 is 0. The molecular formula is C17H18N4. The molecule has 0 amide bonds. The highest BCUT2D eigenvalue weighted by Gasteiger charge is 2.31. The largest absolute Gasteiger partial charge is 0.367 e. The summed E-state index contributed by atoms with van der Waals surface area (Å²) in [6.45, 7) is 4.37. The number of fused-ring (bicyclic) bond motifs is 2. The van der Waals surface area contributed by atoms with Crippen LogP contribution in [-0.4, -0.2) is 42.1 Å². The molecule has 0 bridgehead atoms. The number of nitrogens with zero attached hydrogens (tertiary/aromatic N) is 4. The van der Waals surface area contributed by atoms with Gasteiger partial charge in [-0.1, -0.05) is 18.2 Å². The summed E-state index contributed by atoms with van der Waals surface area (Å²) in [5, 5.41) is 10.6. The molecule has 0 aliphatic carbocycles. The van der Waals surface area contributed by atoms with Crippen LogP contribution in [0.1, 0.15) is 18.4 Å². The Labute approximate surface area is 124 Å². The number of nitriles is 1. The molecule has 1 unspecified atom stereocenters. The molecular weight excluding hydrogens is 260 g/mol. The van der Waals surface area contributed by atoms with Gasteiger partial charge in [-0.05, 0) is 25.5 Å². The highest BCUT2D eigenvalue weighted by atomic mass is 15.3. The molecule has 2 fully saturated rings. The van der Waals surface area contributed by atoms with Gasteiger partial charge in [0.25, 0.3) is 0 Å². The zero-order valence-corrected chi connectivity index (χ0v) is 12.0. The van der Waals surface area contributed by atoms with Crippen molar-refractivity contribution >= 4 is 16.6 Å². The molecule has 1 aromatic carbocycles. The van der Waals surface area contributed by atoms with Crippen LogP contribution in [0.5, 0.6) is 0 Å². The summed E-state index contributed by atoms with van der Waals surface area (Å²) in [6, 6.07) is 11.1. The van der Waals surface area contributed by atoms with E-state index in [9.17, 15) is 5.26 Å². The van der Waals surface area contributed by atoms with E-state index in [2.05, 4.69) is 26.9 Å². The summed E-state index contributed by atoms with van der Waals surface area (Å²) in [5.41, 5.74) is 2.75. The molecule has 1 aromatic heterocycles. The van der Waals surface area contributed by atoms with E-state index < -0.39 is 0 Å². The molecule has 4 nitrogen and oxygen atoms in total. The van der Waals surface area contributed by atoms with Crippen molar-refractivity contribution in [3.63, 3.8) is 0 Å². The quantitative estimate of drug-likeness (QED) is 0.803. The van der Waals surface area contributed by atoms with Gasteiger partial charge in [0, 0.05) is 37.3 Å². The summed E-state index contributed by atoms with van der Waals surface area (Å²) in [5.74, 6) is 0. The SMILES string of the molecule is N#Cc1cnc2ccccc2c1N1CCN2CCCC2C1. The Morgan fingerprint density at radius 1 is 1.19 bits per heavy atom. The molecule has 1 atom stereocenters. The first-order valence-corrected chi connectivity index (χ1v) is 7.63. The van der Waals surface area contributed by atoms with E-state index in [1.807, 2.05) is 18.2 Å². The molecule has 2 aliphatic rings. The number of anilines is 1. The molecule has 0 saturated carbocycles. The second kappa shape index (κ2) is 5.01. The smallest absolute Gasteiger partial charge is 0.103 e. The van der Waals surface area contributed by atoms with E-state index in [-0.39, 0.29) is 0 Å². The van der Waals surface area contributed by atoms with Gasteiger partial charge in [0.1, 0.15) is 6.07 Å². The van der Waals surface area contributed by atoms with Gasteiger partial charge >= 0.3 is 0 Å². The van der Waals surface area contributed by atoms with Crippen LogP contribution in [0.2, 0.25) is 0 Å². The Morgan fingerprint density at radius 2 is 2.10 bits per heavy atom. The summed E-state index contributed by atoms with van der Waals surface area (Å²) in [7, 11) is 0. The van der Waals surface area contributed by atoms with Crippen molar-refractivity contribution in [3.05, 3.63) is 36.0 Å². The zero-order valence-electron chi connectivity index (χ0n) is 12.0. The predicted octanol–water partition coefficient (Wildman–Crippen LogP) is 2.39. The molecule has 2 aromatic rings. The number of piperazine rings is 1. The monoisotopic (exact) mass is 278 g/mol. The molecule has 2 aliphatic heterocycles. The van der Waals surface area contributed by atoms with E-state index in [1.54, 1.807) is 6.20 Å². The maximum absolute atomic E-state index is 9.47. The highest BCUT2D eigenvalue weighted by molar-refractivity contribution is 5.94. The summed E-state index contributed by atoms with van der Waals surface area (Å²) in [4.78, 5) is 9.40. The fourth-order valence-electron chi connectivity index (χ4n) is 3.74. The minimum Gasteiger partial charge on any atom is -0.367 e. The minimum absolute atomic E-state index is 0.650. The van der Waals surface area contributed by atoms with Crippen LogP contribution < -0.4 is 4.90 Å². The first-order valence-electron chi connectivity index (χ1n) is 7.63. The van der Waals surface area contributed by atoms with E-state index in [0.717, 1.165) is 36.2 Å². The van der Waals surface area contributed by atoms with E-state index in [4.69, 9.17) is 0 Å². The molecule has 4 heteroatoms. The normalized spacial score (nSPS) is 22.2. The fraction of sp³-hybridized carbons (Fsp3) is 0.412. The van der Waals surface area contributed by atoms with Crippen LogP contribution >= 0.6 is 0 Å². The summed E-state index contributed by atoms with van der Waals surface area (Å²) < 4.78 is 0. The first-order chi connectivity index (χ1) is 10.4. The topological polar surface area (TPSA) is 43.2 Å². The van der Waals surface area contributed by atoms with Crippen molar-refractivity contribution < 1.29 is 0 Å². The lowest BCUT2D eigenvalue weighted by Gasteiger charge is -2.39. The number of benzene rings is 1. The van der Waals surface area contributed by atoms with Gasteiger partial charge in [-0.25, -0.2) is 0 Å². The Hall–Kier alpha value is -2.12. The molecule has 3 heterocycles. The highest BCUT2D eigenvalue weighted by Crippen LogP contribution is 2.32. The van der Waals surface area contributed by atoms with Gasteiger partial charge in [-0.3, -0.25) is 9.88 Å². The van der Waals surface area contributed by atoms with Gasteiger partial charge in [0.05, 0.1) is 16.8 Å². The van der Waals surface area contributed by atoms with Crippen molar-refractivity contribution in [3.8, 4) is 6.07 Å². The van der Waals surface area contributed by atoms with E-state index in [1.165, 1.54) is 19.4 Å². The van der Waals surface area contributed by atoms with Gasteiger partial charge < -0.3 is 4.90 Å². The molecule has 0 spiro atoms. The maximum atomic E-state index is 9.47. The number of hydrogen-bond acceptors (Lipinski definition) is 4. The van der Waals surface area contributed by atoms with Crippen molar-refractivity contribution in [2.45, 2.75) is 18.9 Å². The van der Waals surface area contributed by atoms with Crippen LogP contribution in [0, 0.1) is 11.3 Å². The molecule has 21 heavy (non-hydrogen) atoms. The number of pyridine rings is 1. The van der Waals surface area contributed by atoms with Crippen LogP contribution in [-0.2, 0) is 0 Å². The van der Waals surface area contributed by atoms with Crippen LogP contribution in [0.3, 0.4) is 0 Å². The zero-order chi connectivity index (χ0) is 14.2. The number of aromatic nitrogens is 1. The predicted molar refractivity (Wildman–Crippen MR) is 83.3 cm³/mol. The first kappa shape index (κ1) is 12.6. The van der Waals surface area contributed by atoms with Crippen molar-refractivity contribution in [1.29, 1.82) is 5.26 Å². The lowest BCUT2D eigenvalue weighted by Crippen LogP contribution is -2.50. The Kier molecular flexibility index (Phi) is 3.01. The van der Waals surface area contributed by atoms with Gasteiger partial charge in [-0.15, -0.1) is 0 Å². The van der Waals surface area contributed by atoms with Crippen molar-refractivity contribution in [1.82, 2.24) is 9.88 Å². The fourth-order valence-corrected chi connectivity index (χ4v) is 3.74. The molecule has 0 N–H and O–H groups in total. The number of hydrogen-bond donors (Lipinski definition) is 0. The van der Waals surface area contributed by atoms with Crippen LogP contribution in [0.25, 0.3) is 10.9 Å². The van der Waals surface area contributed by atoms with Gasteiger partial charge in [0.15, 0.2) is 0 Å². The molecule has 4 rings (SSSR count). The Bertz CT molecular complexity index is 718. The number of para-hydroxylation sites is 1. The molecule has 2 saturated heterocycles. The third kappa shape index (κ3) is 2.05. The lowest BCUT2D eigenvalue weighted by molar-refractivity contribution is 0.231. The Balaban J connectivity index is 1.80. The third-order valence-corrected chi connectivity index (χ3v) is 4.77. The number of rotatable bonds is 1. The van der Waals surface area contributed by atoms with Crippen LogP contribution in [0.4, 0.5) is 5.69 Å². The Morgan fingerprint density at radius 3 is 3.00 bits per heavy atom.